The van der Waals surface area contributed by atoms with Crippen LogP contribution in [0.5, 0.6) is 0 Å². The monoisotopic (exact) mass is 513 g/mol. The van der Waals surface area contributed by atoms with E-state index in [2.05, 4.69) is 18.5 Å². The highest BCUT2D eigenvalue weighted by atomic mass is 35.5. The highest BCUT2D eigenvalue weighted by Crippen LogP contribution is 2.46. The maximum absolute atomic E-state index is 13.6. The summed E-state index contributed by atoms with van der Waals surface area (Å²) in [4.78, 5) is 15.7. The molecule has 2 heterocycles. The minimum absolute atomic E-state index is 0.0240. The molecule has 0 aromatic rings. The van der Waals surface area contributed by atoms with E-state index in [4.69, 9.17) is 23.1 Å². The molecule has 7 N–H and O–H groups in total. The summed E-state index contributed by atoms with van der Waals surface area (Å²) in [6.07, 6.45) is -4.91. The van der Waals surface area contributed by atoms with E-state index in [1.807, 2.05) is 0 Å². The van der Waals surface area contributed by atoms with E-state index in [9.17, 15) is 28.2 Å². The second-order valence-electron chi connectivity index (χ2n) is 8.24. The van der Waals surface area contributed by atoms with E-state index < -0.39 is 40.7 Å². The third-order valence-corrected chi connectivity index (χ3v) is 7.11. The Morgan fingerprint density at radius 2 is 2.06 bits per heavy atom. The number of allylic oxidation sites excluding steroid dienone is 2. The first-order chi connectivity index (χ1) is 15.3. The lowest BCUT2D eigenvalue weighted by Gasteiger charge is -2.30. The van der Waals surface area contributed by atoms with Crippen LogP contribution in [0, 0.1) is 11.3 Å². The predicted octanol–water partition coefficient (Wildman–Crippen LogP) is 1.71. The van der Waals surface area contributed by atoms with E-state index in [1.165, 1.54) is 15.9 Å². The summed E-state index contributed by atoms with van der Waals surface area (Å²) in [6.45, 7) is 7.86. The second kappa shape index (κ2) is 11.4. The Hall–Kier alpha value is -1.28. The number of rotatable bonds is 9. The van der Waals surface area contributed by atoms with Crippen LogP contribution in [-0.2, 0) is 0 Å². The second-order valence-corrected chi connectivity index (χ2v) is 10.3. The van der Waals surface area contributed by atoms with E-state index in [-0.39, 0.29) is 37.6 Å². The van der Waals surface area contributed by atoms with Crippen LogP contribution in [0.2, 0.25) is 0 Å². The summed E-state index contributed by atoms with van der Waals surface area (Å²) in [5, 5.41) is 22.6. The van der Waals surface area contributed by atoms with Gasteiger partial charge in [-0.3, -0.25) is 4.90 Å². The first-order valence-electron chi connectivity index (χ1n) is 10.3. The molecule has 0 aromatic carbocycles. The van der Waals surface area contributed by atoms with Crippen LogP contribution in [0.25, 0.3) is 0 Å². The van der Waals surface area contributed by atoms with Crippen LogP contribution in [0.15, 0.2) is 35.9 Å². The molecule has 2 saturated heterocycles. The quantitative estimate of drug-likeness (QED) is 0.180. The Bertz CT molecular complexity index is 770. The van der Waals surface area contributed by atoms with Crippen LogP contribution in [0.4, 0.5) is 18.0 Å². The first kappa shape index (κ1) is 28.0. The van der Waals surface area contributed by atoms with E-state index in [1.54, 1.807) is 0 Å². The Balaban J connectivity index is 2.29. The summed E-state index contributed by atoms with van der Waals surface area (Å²) in [6, 6.07) is -0.527. The normalized spacial score (nSPS) is 26.4. The summed E-state index contributed by atoms with van der Waals surface area (Å²) in [7, 11) is 0. The van der Waals surface area contributed by atoms with Crippen LogP contribution in [-0.4, -0.2) is 82.1 Å². The van der Waals surface area contributed by atoms with Crippen molar-refractivity contribution in [1.29, 1.82) is 0 Å². The topological polar surface area (TPSA) is 128 Å². The van der Waals surface area contributed by atoms with Gasteiger partial charge in [0, 0.05) is 38.1 Å². The van der Waals surface area contributed by atoms with Crippen molar-refractivity contribution in [2.75, 3.05) is 32.7 Å². The Labute approximate surface area is 200 Å². The van der Waals surface area contributed by atoms with Gasteiger partial charge >= 0.3 is 12.2 Å². The molecule has 2 rings (SSSR count). The number of hydrogen-bond donors (Lipinski definition) is 5. The average Bonchev–Trinajstić information content (AvgIpc) is 3.30. The number of nitrogens with one attached hydrogen (secondary N) is 1. The van der Waals surface area contributed by atoms with Crippen molar-refractivity contribution in [2.24, 2.45) is 22.8 Å². The highest BCUT2D eigenvalue weighted by Gasteiger charge is 2.51. The SMILES string of the molecule is C=CCC(/C=C1\CN(C(=O)NC(=C)SC(Cl)CN)CC12CCN(C(O)C(N)O)C2)C(F)(F)F. The van der Waals surface area contributed by atoms with Crippen molar-refractivity contribution in [3.63, 3.8) is 0 Å². The van der Waals surface area contributed by atoms with Crippen LogP contribution >= 0.6 is 23.4 Å². The largest absolute Gasteiger partial charge is 0.395 e. The first-order valence-corrected chi connectivity index (χ1v) is 11.6. The molecule has 8 nitrogen and oxygen atoms in total. The fraction of sp³-hybridized carbons (Fsp3) is 0.650. The number of nitrogens with zero attached hydrogens (tertiary/aromatic N) is 2. The lowest BCUT2D eigenvalue weighted by Crippen LogP contribution is -2.48. The van der Waals surface area contributed by atoms with Crippen molar-refractivity contribution in [2.45, 2.75) is 36.2 Å². The molecule has 2 aliphatic rings. The fourth-order valence-electron chi connectivity index (χ4n) is 4.16. The molecule has 0 aromatic heterocycles. The van der Waals surface area contributed by atoms with Crippen LogP contribution < -0.4 is 16.8 Å². The van der Waals surface area contributed by atoms with Crippen molar-refractivity contribution in [1.82, 2.24) is 15.1 Å². The molecular formula is C20H31ClF3N5O3S. The molecule has 2 fully saturated rings. The minimum atomic E-state index is -4.48. The number of urea groups is 1. The molecule has 2 amide bonds. The molecule has 0 bridgehead atoms. The Morgan fingerprint density at radius 1 is 1.39 bits per heavy atom. The van der Waals surface area contributed by atoms with Gasteiger partial charge in [0.1, 0.15) is 12.5 Å². The number of alkyl halides is 4. The summed E-state index contributed by atoms with van der Waals surface area (Å²) < 4.78 is 40.3. The van der Waals surface area contributed by atoms with E-state index in [0.717, 1.165) is 17.8 Å². The number of carbonyl (C=O) groups is 1. The molecular weight excluding hydrogens is 483 g/mol. The van der Waals surface area contributed by atoms with Gasteiger partial charge in [-0.1, -0.05) is 30.5 Å². The summed E-state index contributed by atoms with van der Waals surface area (Å²) in [5.74, 6) is -1.75. The van der Waals surface area contributed by atoms with Gasteiger partial charge < -0.3 is 31.9 Å². The molecule has 0 radical (unpaired) electrons. The van der Waals surface area contributed by atoms with Gasteiger partial charge in [0.2, 0.25) is 0 Å². The third kappa shape index (κ3) is 7.10. The minimum Gasteiger partial charge on any atom is -0.375 e. The molecule has 2 aliphatic heterocycles. The molecule has 0 aliphatic carbocycles. The summed E-state index contributed by atoms with van der Waals surface area (Å²) in [5.41, 5.74) is 10.5. The fourth-order valence-corrected chi connectivity index (χ4v) is 5.03. The molecule has 5 atom stereocenters. The number of aliphatic hydroxyl groups excluding tert-OH is 2. The Kier molecular flexibility index (Phi) is 9.69. The van der Waals surface area contributed by atoms with Gasteiger partial charge in [0.05, 0.1) is 15.7 Å². The van der Waals surface area contributed by atoms with Gasteiger partial charge in [-0.25, -0.2) is 4.79 Å². The van der Waals surface area contributed by atoms with Gasteiger partial charge in [-0.2, -0.15) is 13.2 Å². The zero-order valence-electron chi connectivity index (χ0n) is 18.1. The standard InChI is InChI=1S/C20H31ClF3N5O3S/c1-3-4-13(20(22,23)24)7-14-9-29(18(32)27-12(2)33-15(21)8-25)11-19(14)5-6-28(10-19)17(31)16(26)30/h3,7,13,15-17,30-31H,1-2,4-6,8-11,25-26H2,(H,27,32)/b14-7+. The lowest BCUT2D eigenvalue weighted by molar-refractivity contribution is -0.160. The van der Waals surface area contributed by atoms with Crippen molar-refractivity contribution < 1.29 is 28.2 Å². The van der Waals surface area contributed by atoms with Crippen molar-refractivity contribution in [3.8, 4) is 0 Å². The number of hydrogen-bond acceptors (Lipinski definition) is 7. The van der Waals surface area contributed by atoms with Gasteiger partial charge in [-0.15, -0.1) is 18.2 Å². The lowest BCUT2D eigenvalue weighted by atomic mass is 9.80. The van der Waals surface area contributed by atoms with E-state index >= 15 is 0 Å². The highest BCUT2D eigenvalue weighted by molar-refractivity contribution is 8.04. The molecule has 0 saturated carbocycles. The van der Waals surface area contributed by atoms with Gasteiger partial charge in [-0.05, 0) is 18.4 Å². The molecule has 5 unspecified atom stereocenters. The number of carbonyl (C=O) groups excluding carboxylic acids is 1. The van der Waals surface area contributed by atoms with Gasteiger partial charge in [0.25, 0.3) is 0 Å². The maximum atomic E-state index is 13.6. The molecule has 13 heteroatoms. The molecule has 33 heavy (non-hydrogen) atoms. The average molecular weight is 514 g/mol. The number of aliphatic hydroxyl groups is 2. The van der Waals surface area contributed by atoms with Crippen LogP contribution in [0.3, 0.4) is 0 Å². The number of likely N-dealkylation sites (tertiary alicyclic amines) is 2. The predicted molar refractivity (Wildman–Crippen MR) is 123 cm³/mol. The molecule has 1 spiro atoms. The van der Waals surface area contributed by atoms with Crippen molar-refractivity contribution in [3.05, 3.63) is 35.9 Å². The zero-order chi connectivity index (χ0) is 25.0. The van der Waals surface area contributed by atoms with Crippen LogP contribution in [0.1, 0.15) is 12.8 Å². The number of halogens is 4. The third-order valence-electron chi connectivity index (χ3n) is 5.83. The maximum Gasteiger partial charge on any atom is 0.395 e. The molecule has 188 valence electrons. The number of amides is 2. The van der Waals surface area contributed by atoms with E-state index in [0.29, 0.717) is 18.5 Å². The zero-order valence-corrected chi connectivity index (χ0v) is 19.7. The number of nitrogens with two attached hydrogens (primary N) is 2. The summed E-state index contributed by atoms with van der Waals surface area (Å²) >= 11 is 7.02. The smallest absolute Gasteiger partial charge is 0.375 e. The Morgan fingerprint density at radius 3 is 2.61 bits per heavy atom. The van der Waals surface area contributed by atoms with Crippen molar-refractivity contribution >= 4 is 29.4 Å². The van der Waals surface area contributed by atoms with Gasteiger partial charge in [0.15, 0.2) is 0 Å². The number of thioether (sulfide) groups is 1.